The second-order valence-electron chi connectivity index (χ2n) is 4.84. The van der Waals surface area contributed by atoms with Crippen molar-refractivity contribution in [2.45, 2.75) is 6.92 Å². The predicted molar refractivity (Wildman–Crippen MR) is 84.9 cm³/mol. The summed E-state index contributed by atoms with van der Waals surface area (Å²) in [5.74, 6) is -0.499. The Hall–Kier alpha value is -2.59. The lowest BCUT2D eigenvalue weighted by atomic mass is 10.1. The zero-order valence-corrected chi connectivity index (χ0v) is 12.6. The molecule has 0 radical (unpaired) electrons. The van der Waals surface area contributed by atoms with E-state index in [2.05, 4.69) is 5.10 Å². The van der Waals surface area contributed by atoms with Crippen molar-refractivity contribution >= 4 is 17.4 Å². The van der Waals surface area contributed by atoms with Crippen molar-refractivity contribution in [2.24, 2.45) is 0 Å². The lowest BCUT2D eigenvalue weighted by molar-refractivity contribution is 0.102. The van der Waals surface area contributed by atoms with Gasteiger partial charge in [-0.15, -0.1) is 0 Å². The maximum absolute atomic E-state index is 12.8. The van der Waals surface area contributed by atoms with Crippen LogP contribution >= 0.6 is 11.6 Å². The van der Waals surface area contributed by atoms with Crippen LogP contribution in [0.2, 0.25) is 5.02 Å². The molecule has 22 heavy (non-hydrogen) atoms. The van der Waals surface area contributed by atoms with E-state index in [1.54, 1.807) is 31.2 Å². The number of para-hydroxylation sites is 1. The number of ketones is 1. The van der Waals surface area contributed by atoms with Gasteiger partial charge in [0, 0.05) is 5.56 Å². The summed E-state index contributed by atoms with van der Waals surface area (Å²) in [6.07, 6.45) is 0. The number of carbonyl (C=O) groups is 1. The van der Waals surface area contributed by atoms with Crippen molar-refractivity contribution in [3.05, 3.63) is 76.6 Å². The second-order valence-corrected chi connectivity index (χ2v) is 5.25. The number of aryl methyl sites for hydroxylation is 1. The topological polar surface area (TPSA) is 55.1 Å². The Kier molecular flexibility index (Phi) is 3.69. The molecule has 0 saturated carbocycles. The Labute approximate surface area is 132 Å². The lowest BCUT2D eigenvalue weighted by Gasteiger charge is -2.08. The first-order chi connectivity index (χ1) is 10.6. The third kappa shape index (κ3) is 2.38. The third-order valence-corrected chi connectivity index (χ3v) is 3.69. The van der Waals surface area contributed by atoms with Crippen molar-refractivity contribution in [1.29, 1.82) is 0 Å². The molecule has 0 unspecified atom stereocenters. The van der Waals surface area contributed by atoms with E-state index >= 15 is 0 Å². The van der Waals surface area contributed by atoms with Crippen LogP contribution < -0.4 is 0 Å². The Morgan fingerprint density at radius 2 is 1.73 bits per heavy atom. The minimum atomic E-state index is -0.368. The summed E-state index contributed by atoms with van der Waals surface area (Å²) >= 11 is 6.09. The summed E-state index contributed by atoms with van der Waals surface area (Å²) in [7, 11) is 0. The number of aromatic hydroxyl groups is 1. The zero-order chi connectivity index (χ0) is 15.7. The summed E-state index contributed by atoms with van der Waals surface area (Å²) in [4.78, 5) is 12.8. The van der Waals surface area contributed by atoms with Gasteiger partial charge in [0.05, 0.1) is 10.7 Å². The van der Waals surface area contributed by atoms with Crippen LogP contribution in [0.3, 0.4) is 0 Å². The number of nitrogens with zero attached hydrogens (tertiary/aromatic N) is 2. The zero-order valence-electron chi connectivity index (χ0n) is 11.8. The van der Waals surface area contributed by atoms with Crippen LogP contribution in [-0.4, -0.2) is 20.7 Å². The number of halogens is 1. The average molecular weight is 313 g/mol. The van der Waals surface area contributed by atoms with Gasteiger partial charge in [-0.05, 0) is 31.2 Å². The molecule has 110 valence electrons. The van der Waals surface area contributed by atoms with Gasteiger partial charge in [-0.1, -0.05) is 41.9 Å². The molecular weight excluding hydrogens is 300 g/mol. The Morgan fingerprint density at radius 3 is 2.41 bits per heavy atom. The van der Waals surface area contributed by atoms with E-state index in [1.165, 1.54) is 4.68 Å². The van der Waals surface area contributed by atoms with E-state index < -0.39 is 0 Å². The molecule has 0 fully saturated rings. The molecule has 4 nitrogen and oxygen atoms in total. The molecule has 1 aromatic heterocycles. The van der Waals surface area contributed by atoms with Gasteiger partial charge >= 0.3 is 0 Å². The summed E-state index contributed by atoms with van der Waals surface area (Å²) in [6.45, 7) is 1.65. The van der Waals surface area contributed by atoms with E-state index in [1.807, 2.05) is 30.3 Å². The van der Waals surface area contributed by atoms with E-state index in [-0.39, 0.29) is 17.2 Å². The Morgan fingerprint density at radius 1 is 1.09 bits per heavy atom. The van der Waals surface area contributed by atoms with Gasteiger partial charge < -0.3 is 5.11 Å². The van der Waals surface area contributed by atoms with Crippen LogP contribution in [0.4, 0.5) is 0 Å². The number of rotatable bonds is 3. The van der Waals surface area contributed by atoms with Gasteiger partial charge in [0.1, 0.15) is 5.69 Å². The highest BCUT2D eigenvalue weighted by Crippen LogP contribution is 2.29. The molecule has 0 aliphatic carbocycles. The first-order valence-corrected chi connectivity index (χ1v) is 7.10. The molecule has 0 spiro atoms. The summed E-state index contributed by atoms with van der Waals surface area (Å²) in [5.41, 5.74) is 1.52. The molecule has 0 amide bonds. The third-order valence-electron chi connectivity index (χ3n) is 3.36. The van der Waals surface area contributed by atoms with Crippen LogP contribution in [0.25, 0.3) is 5.69 Å². The van der Waals surface area contributed by atoms with Crippen molar-refractivity contribution in [3.63, 3.8) is 0 Å². The summed E-state index contributed by atoms with van der Waals surface area (Å²) in [6, 6.07) is 15.9. The van der Waals surface area contributed by atoms with Gasteiger partial charge in [-0.25, -0.2) is 4.68 Å². The molecule has 0 bridgehead atoms. The highest BCUT2D eigenvalue weighted by Gasteiger charge is 2.24. The molecule has 0 atom stereocenters. The molecule has 2 aromatic carbocycles. The standard InChI is InChI=1S/C17H13ClN2O2/c1-11-16(21)15(17(22)13-9-5-6-10-14(13)18)20(19-11)12-7-3-2-4-8-12/h2-10,21H,1H3. The normalized spacial score (nSPS) is 10.6. The quantitative estimate of drug-likeness (QED) is 0.749. The summed E-state index contributed by atoms with van der Waals surface area (Å²) in [5, 5.41) is 14.9. The maximum Gasteiger partial charge on any atom is 0.216 e. The fourth-order valence-corrected chi connectivity index (χ4v) is 2.47. The monoisotopic (exact) mass is 312 g/mol. The number of benzene rings is 2. The lowest BCUT2D eigenvalue weighted by Crippen LogP contribution is -2.10. The highest BCUT2D eigenvalue weighted by atomic mass is 35.5. The maximum atomic E-state index is 12.8. The Balaban J connectivity index is 2.19. The van der Waals surface area contributed by atoms with Crippen molar-refractivity contribution in [3.8, 4) is 11.4 Å². The van der Waals surface area contributed by atoms with Crippen molar-refractivity contribution in [1.82, 2.24) is 9.78 Å². The largest absolute Gasteiger partial charge is 0.504 e. The van der Waals surface area contributed by atoms with Crippen LogP contribution in [-0.2, 0) is 0 Å². The molecular formula is C17H13ClN2O2. The SMILES string of the molecule is Cc1nn(-c2ccccc2)c(C(=O)c2ccccc2Cl)c1O. The van der Waals surface area contributed by atoms with Gasteiger partial charge in [-0.2, -0.15) is 5.10 Å². The first-order valence-electron chi connectivity index (χ1n) is 6.73. The van der Waals surface area contributed by atoms with Crippen molar-refractivity contribution < 1.29 is 9.90 Å². The van der Waals surface area contributed by atoms with E-state index in [0.717, 1.165) is 0 Å². The van der Waals surface area contributed by atoms with Crippen LogP contribution in [0.5, 0.6) is 5.75 Å². The molecule has 3 rings (SSSR count). The van der Waals surface area contributed by atoms with Crippen molar-refractivity contribution in [2.75, 3.05) is 0 Å². The van der Waals surface area contributed by atoms with Crippen LogP contribution in [0.1, 0.15) is 21.7 Å². The van der Waals surface area contributed by atoms with E-state index in [9.17, 15) is 9.90 Å². The van der Waals surface area contributed by atoms with Gasteiger partial charge in [-0.3, -0.25) is 4.79 Å². The number of hydrogen-bond acceptors (Lipinski definition) is 3. The van der Waals surface area contributed by atoms with E-state index in [4.69, 9.17) is 11.6 Å². The molecule has 0 aliphatic rings. The molecule has 5 heteroatoms. The smallest absolute Gasteiger partial charge is 0.216 e. The van der Waals surface area contributed by atoms with Gasteiger partial charge in [0.25, 0.3) is 0 Å². The van der Waals surface area contributed by atoms with Gasteiger partial charge in [0.2, 0.25) is 5.78 Å². The fourth-order valence-electron chi connectivity index (χ4n) is 2.25. The number of carbonyl (C=O) groups excluding carboxylic acids is 1. The minimum Gasteiger partial charge on any atom is -0.504 e. The fraction of sp³-hybridized carbons (Fsp3) is 0.0588. The molecule has 1 N–H and O–H groups in total. The first kappa shape index (κ1) is 14.4. The highest BCUT2D eigenvalue weighted by molar-refractivity contribution is 6.35. The molecule has 1 heterocycles. The molecule has 0 saturated heterocycles. The molecule has 3 aromatic rings. The minimum absolute atomic E-state index is 0.108. The van der Waals surface area contributed by atoms with Gasteiger partial charge in [0.15, 0.2) is 11.4 Å². The Bertz CT molecular complexity index is 841. The number of hydrogen-bond donors (Lipinski definition) is 1. The average Bonchev–Trinajstić information content (AvgIpc) is 2.84. The predicted octanol–water partition coefficient (Wildman–Crippen LogP) is 3.77. The number of aromatic nitrogens is 2. The summed E-state index contributed by atoms with van der Waals surface area (Å²) < 4.78 is 1.44. The second kappa shape index (κ2) is 5.66. The molecule has 0 aliphatic heterocycles. The van der Waals surface area contributed by atoms with Crippen LogP contribution in [0, 0.1) is 6.92 Å². The van der Waals surface area contributed by atoms with Crippen LogP contribution in [0.15, 0.2) is 54.6 Å². The van der Waals surface area contributed by atoms with E-state index in [0.29, 0.717) is 22.0 Å².